The number of halogens is 1. The zero-order chi connectivity index (χ0) is 17.4. The predicted octanol–water partition coefficient (Wildman–Crippen LogP) is 2.14. The molecule has 0 fully saturated rings. The van der Waals surface area contributed by atoms with Crippen molar-refractivity contribution in [1.82, 2.24) is 9.55 Å². The number of fused-ring (bicyclic) bond motifs is 1. The summed E-state index contributed by atoms with van der Waals surface area (Å²) >= 11 is 0.858. The summed E-state index contributed by atoms with van der Waals surface area (Å²) in [5.41, 5.74) is -0.478. The Morgan fingerprint density at radius 1 is 1.33 bits per heavy atom. The fourth-order valence-electron chi connectivity index (χ4n) is 2.59. The summed E-state index contributed by atoms with van der Waals surface area (Å²) in [6.45, 7) is 1.53. The first-order valence-electron chi connectivity index (χ1n) is 7.13. The van der Waals surface area contributed by atoms with Crippen molar-refractivity contribution >= 4 is 27.5 Å². The quantitative estimate of drug-likeness (QED) is 0.755. The Kier molecular flexibility index (Phi) is 4.06. The van der Waals surface area contributed by atoms with Gasteiger partial charge < -0.3 is 5.11 Å². The molecule has 2 N–H and O–H groups in total. The Hall–Kier alpha value is -2.74. The average Bonchev–Trinajstić information content (AvgIpc) is 2.85. The number of benzene rings is 1. The molecule has 2 heterocycles. The lowest BCUT2D eigenvalue weighted by Gasteiger charge is -2.06. The summed E-state index contributed by atoms with van der Waals surface area (Å²) in [5.74, 6) is -1.55. The monoisotopic (exact) mass is 348 g/mol. The molecule has 2 aromatic heterocycles. The van der Waals surface area contributed by atoms with Gasteiger partial charge in [0.15, 0.2) is 0 Å². The maximum Gasteiger partial charge on any atom is 0.346 e. The van der Waals surface area contributed by atoms with Crippen LogP contribution in [-0.4, -0.2) is 20.6 Å². The highest BCUT2D eigenvalue weighted by molar-refractivity contribution is 7.20. The number of hydrogen-bond donors (Lipinski definition) is 2. The van der Waals surface area contributed by atoms with Gasteiger partial charge in [-0.2, -0.15) is 0 Å². The molecule has 0 aliphatic rings. The van der Waals surface area contributed by atoms with Gasteiger partial charge in [-0.1, -0.05) is 18.2 Å². The largest absolute Gasteiger partial charge is 0.477 e. The summed E-state index contributed by atoms with van der Waals surface area (Å²) in [4.78, 5) is 38.7. The second kappa shape index (κ2) is 6.04. The number of rotatable bonds is 4. The Bertz CT molecular complexity index is 1060. The van der Waals surface area contributed by atoms with Crippen LogP contribution in [0.25, 0.3) is 10.2 Å². The van der Waals surface area contributed by atoms with Crippen molar-refractivity contribution in [2.24, 2.45) is 0 Å². The number of carboxylic acid groups (broad SMARTS) is 1. The molecule has 3 rings (SSSR count). The van der Waals surface area contributed by atoms with E-state index in [-0.39, 0.29) is 28.1 Å². The molecule has 0 bridgehead atoms. The molecule has 0 aliphatic carbocycles. The van der Waals surface area contributed by atoms with Crippen molar-refractivity contribution < 1.29 is 14.3 Å². The van der Waals surface area contributed by atoms with Crippen molar-refractivity contribution in [3.8, 4) is 0 Å². The maximum absolute atomic E-state index is 13.7. The number of aromatic amines is 1. The minimum absolute atomic E-state index is 0.00271. The summed E-state index contributed by atoms with van der Waals surface area (Å²) in [7, 11) is 0. The first-order chi connectivity index (χ1) is 11.4. The number of nitrogens with one attached hydrogen (secondary N) is 1. The molecule has 0 aliphatic heterocycles. The van der Waals surface area contributed by atoms with Gasteiger partial charge in [0, 0.05) is 6.54 Å². The van der Waals surface area contributed by atoms with Crippen LogP contribution in [0.1, 0.15) is 20.8 Å². The Balaban J connectivity index is 2.07. The van der Waals surface area contributed by atoms with Crippen LogP contribution >= 0.6 is 11.3 Å². The molecule has 3 aromatic rings. The second-order valence-corrected chi connectivity index (χ2v) is 6.31. The maximum atomic E-state index is 13.7. The van der Waals surface area contributed by atoms with Crippen LogP contribution in [-0.2, 0) is 13.0 Å². The first kappa shape index (κ1) is 16.1. The van der Waals surface area contributed by atoms with Crippen molar-refractivity contribution in [1.29, 1.82) is 0 Å². The molecular formula is C16H13FN2O4S. The van der Waals surface area contributed by atoms with Crippen LogP contribution in [0.15, 0.2) is 33.9 Å². The number of hydrogen-bond acceptors (Lipinski definition) is 4. The molecule has 0 spiro atoms. The highest BCUT2D eigenvalue weighted by Gasteiger charge is 2.19. The van der Waals surface area contributed by atoms with E-state index in [4.69, 9.17) is 5.11 Å². The predicted molar refractivity (Wildman–Crippen MR) is 88.5 cm³/mol. The average molecular weight is 348 g/mol. The van der Waals surface area contributed by atoms with Crippen LogP contribution in [0.3, 0.4) is 0 Å². The normalized spacial score (nSPS) is 11.1. The number of carboxylic acids is 1. The third-order valence-corrected chi connectivity index (χ3v) is 5.02. The number of aromatic carboxylic acids is 1. The minimum Gasteiger partial charge on any atom is -0.477 e. The number of thiophene rings is 1. The second-order valence-electron chi connectivity index (χ2n) is 5.29. The molecule has 6 nitrogen and oxygen atoms in total. The summed E-state index contributed by atoms with van der Waals surface area (Å²) < 4.78 is 14.6. The number of aromatic nitrogens is 2. The lowest BCUT2D eigenvalue weighted by atomic mass is 10.1. The fraction of sp³-hybridized carbons (Fsp3) is 0.188. The smallest absolute Gasteiger partial charge is 0.346 e. The van der Waals surface area contributed by atoms with E-state index in [1.54, 1.807) is 18.2 Å². The summed E-state index contributed by atoms with van der Waals surface area (Å²) in [5, 5.41) is 9.33. The Morgan fingerprint density at radius 3 is 2.71 bits per heavy atom. The van der Waals surface area contributed by atoms with Gasteiger partial charge in [-0.3, -0.25) is 14.3 Å². The van der Waals surface area contributed by atoms with Crippen LogP contribution in [0, 0.1) is 12.7 Å². The van der Waals surface area contributed by atoms with Gasteiger partial charge in [0.25, 0.3) is 5.56 Å². The molecule has 0 saturated heterocycles. The zero-order valence-electron chi connectivity index (χ0n) is 12.6. The van der Waals surface area contributed by atoms with Gasteiger partial charge in [-0.15, -0.1) is 11.3 Å². The van der Waals surface area contributed by atoms with Gasteiger partial charge in [-0.25, -0.2) is 14.0 Å². The van der Waals surface area contributed by atoms with E-state index in [1.807, 2.05) is 0 Å². The number of carbonyl (C=O) groups is 1. The highest BCUT2D eigenvalue weighted by atomic mass is 32.1. The third kappa shape index (κ3) is 2.65. The molecule has 0 amide bonds. The molecule has 8 heteroatoms. The number of aryl methyl sites for hydroxylation is 2. The topological polar surface area (TPSA) is 92.2 Å². The Morgan fingerprint density at radius 2 is 2.04 bits per heavy atom. The Labute approximate surface area is 138 Å². The number of nitrogens with zero attached hydrogens (tertiary/aromatic N) is 1. The van der Waals surface area contributed by atoms with E-state index in [0.717, 1.165) is 15.9 Å². The number of H-pyrrole nitrogens is 1. The third-order valence-electron chi connectivity index (χ3n) is 3.83. The lowest BCUT2D eigenvalue weighted by molar-refractivity contribution is 0.0701. The van der Waals surface area contributed by atoms with E-state index in [9.17, 15) is 18.8 Å². The van der Waals surface area contributed by atoms with Crippen molar-refractivity contribution in [3.63, 3.8) is 0 Å². The minimum atomic E-state index is -1.15. The van der Waals surface area contributed by atoms with E-state index in [0.29, 0.717) is 11.1 Å². The molecule has 0 unspecified atom stereocenters. The summed E-state index contributed by atoms with van der Waals surface area (Å²) in [6, 6.07) is 6.14. The van der Waals surface area contributed by atoms with Gasteiger partial charge in [0.05, 0.1) is 5.39 Å². The molecule has 0 radical (unpaired) electrons. The van der Waals surface area contributed by atoms with Crippen LogP contribution in [0.4, 0.5) is 4.39 Å². The molecule has 24 heavy (non-hydrogen) atoms. The van der Waals surface area contributed by atoms with E-state index in [1.165, 1.54) is 13.0 Å². The molecular weight excluding hydrogens is 335 g/mol. The zero-order valence-corrected chi connectivity index (χ0v) is 13.4. The van der Waals surface area contributed by atoms with Gasteiger partial charge in [0.1, 0.15) is 15.5 Å². The van der Waals surface area contributed by atoms with Gasteiger partial charge in [-0.05, 0) is 30.5 Å². The molecule has 0 atom stereocenters. The lowest BCUT2D eigenvalue weighted by Crippen LogP contribution is -2.35. The van der Waals surface area contributed by atoms with E-state index in [2.05, 4.69) is 4.98 Å². The van der Waals surface area contributed by atoms with Crippen molar-refractivity contribution in [2.75, 3.05) is 0 Å². The van der Waals surface area contributed by atoms with Crippen LogP contribution < -0.4 is 11.2 Å². The van der Waals surface area contributed by atoms with Crippen LogP contribution in [0.2, 0.25) is 0 Å². The SMILES string of the molecule is Cc1c(C(=O)O)sc2[nH]c(=O)n(CCc3ccccc3F)c(=O)c12. The fourth-order valence-corrected chi connectivity index (χ4v) is 3.62. The molecule has 1 aromatic carbocycles. The highest BCUT2D eigenvalue weighted by Crippen LogP contribution is 2.26. The standard InChI is InChI=1S/C16H13FN2O4S/c1-8-11-13(24-12(8)15(21)22)18-16(23)19(14(11)20)7-6-9-4-2-3-5-10(9)17/h2-5H,6-7H2,1H3,(H,18,23)(H,21,22). The summed E-state index contributed by atoms with van der Waals surface area (Å²) in [6.07, 6.45) is 0.177. The molecule has 124 valence electrons. The molecule has 0 saturated carbocycles. The van der Waals surface area contributed by atoms with E-state index >= 15 is 0 Å². The van der Waals surface area contributed by atoms with Gasteiger partial charge >= 0.3 is 11.7 Å². The van der Waals surface area contributed by atoms with Crippen LogP contribution in [0.5, 0.6) is 0 Å². The first-order valence-corrected chi connectivity index (χ1v) is 7.94. The van der Waals surface area contributed by atoms with Crippen molar-refractivity contribution in [3.05, 3.63) is 66.9 Å². The van der Waals surface area contributed by atoms with E-state index < -0.39 is 23.0 Å². The van der Waals surface area contributed by atoms with Gasteiger partial charge in [0.2, 0.25) is 0 Å². The van der Waals surface area contributed by atoms with Crippen molar-refractivity contribution in [2.45, 2.75) is 19.9 Å².